The van der Waals surface area contributed by atoms with Crippen molar-refractivity contribution in [2.24, 2.45) is 11.8 Å². The van der Waals surface area contributed by atoms with Crippen LogP contribution in [0.4, 0.5) is 0 Å². The monoisotopic (exact) mass is 366 g/mol. The van der Waals surface area contributed by atoms with Gasteiger partial charge in [-0.1, -0.05) is 6.92 Å². The molecule has 0 aromatic carbocycles. The van der Waals surface area contributed by atoms with Gasteiger partial charge in [0.05, 0.1) is 12.0 Å². The minimum Gasteiger partial charge on any atom is -0.459 e. The molecule has 2 aliphatic heterocycles. The van der Waals surface area contributed by atoms with Crippen molar-refractivity contribution in [1.82, 2.24) is 0 Å². The summed E-state index contributed by atoms with van der Waals surface area (Å²) in [6.45, 7) is 8.31. The van der Waals surface area contributed by atoms with Crippen LogP contribution >= 0.6 is 0 Å². The Morgan fingerprint density at radius 2 is 1.85 bits per heavy atom. The zero-order valence-corrected chi connectivity index (χ0v) is 15.8. The molecule has 2 saturated heterocycles. The van der Waals surface area contributed by atoms with Gasteiger partial charge >= 0.3 is 17.9 Å². The van der Waals surface area contributed by atoms with E-state index in [1.165, 1.54) is 13.8 Å². The normalized spacial score (nSPS) is 43.9. The Morgan fingerprint density at radius 3 is 2.46 bits per heavy atom. The van der Waals surface area contributed by atoms with Gasteiger partial charge in [-0.05, 0) is 31.9 Å². The zero-order valence-electron chi connectivity index (χ0n) is 15.8. The highest BCUT2D eigenvalue weighted by Crippen LogP contribution is 2.48. The van der Waals surface area contributed by atoms with E-state index in [9.17, 15) is 14.4 Å². The first-order valence-electron chi connectivity index (χ1n) is 9.03. The molecule has 0 spiro atoms. The summed E-state index contributed by atoms with van der Waals surface area (Å²) in [6.07, 6.45) is 1.22. The predicted octanol–water partition coefficient (Wildman–Crippen LogP) is 1.93. The fourth-order valence-corrected chi connectivity index (χ4v) is 4.06. The Labute approximate surface area is 153 Å². The van der Waals surface area contributed by atoms with Crippen molar-refractivity contribution in [3.05, 3.63) is 11.6 Å². The van der Waals surface area contributed by atoms with Gasteiger partial charge < -0.3 is 18.9 Å². The Bertz CT molecular complexity index is 654. The van der Waals surface area contributed by atoms with Crippen LogP contribution in [-0.4, -0.2) is 47.9 Å². The zero-order chi connectivity index (χ0) is 19.2. The van der Waals surface area contributed by atoms with E-state index in [0.717, 1.165) is 5.57 Å². The first kappa shape index (κ1) is 18.9. The van der Waals surface area contributed by atoms with Crippen molar-refractivity contribution in [1.29, 1.82) is 0 Å². The van der Waals surface area contributed by atoms with Gasteiger partial charge in [-0.2, -0.15) is 0 Å². The van der Waals surface area contributed by atoms with Crippen LogP contribution in [-0.2, 0) is 33.3 Å². The van der Waals surface area contributed by atoms with Crippen LogP contribution in [0.15, 0.2) is 11.6 Å². The molecular formula is C19H26O7. The number of rotatable bonds is 2. The van der Waals surface area contributed by atoms with E-state index in [1.807, 2.05) is 26.8 Å². The maximum absolute atomic E-state index is 12.1. The minimum absolute atomic E-state index is 0.139. The van der Waals surface area contributed by atoms with Crippen molar-refractivity contribution < 1.29 is 33.3 Å². The lowest BCUT2D eigenvalue weighted by Crippen LogP contribution is -2.39. The first-order valence-corrected chi connectivity index (χ1v) is 9.03. The summed E-state index contributed by atoms with van der Waals surface area (Å²) < 4.78 is 22.4. The van der Waals surface area contributed by atoms with Crippen molar-refractivity contribution in [3.8, 4) is 0 Å². The first-order chi connectivity index (χ1) is 12.1. The molecule has 3 rings (SSSR count). The van der Waals surface area contributed by atoms with Crippen LogP contribution in [0.3, 0.4) is 0 Å². The lowest BCUT2D eigenvalue weighted by Gasteiger charge is -2.29. The van der Waals surface area contributed by atoms with Gasteiger partial charge in [0, 0.05) is 26.2 Å². The van der Waals surface area contributed by atoms with Gasteiger partial charge in [-0.3, -0.25) is 14.4 Å². The van der Waals surface area contributed by atoms with Crippen LogP contribution in [0, 0.1) is 11.8 Å². The largest absolute Gasteiger partial charge is 0.459 e. The second-order valence-electron chi connectivity index (χ2n) is 7.72. The molecule has 2 heterocycles. The summed E-state index contributed by atoms with van der Waals surface area (Å²) in [5, 5.41) is 0. The molecule has 3 aliphatic rings. The average molecular weight is 366 g/mol. The third-order valence-corrected chi connectivity index (χ3v) is 5.77. The second-order valence-corrected chi connectivity index (χ2v) is 7.72. The van der Waals surface area contributed by atoms with E-state index in [-0.39, 0.29) is 35.8 Å². The van der Waals surface area contributed by atoms with Crippen LogP contribution in [0.2, 0.25) is 0 Å². The smallest absolute Gasteiger partial charge is 0.309 e. The molecule has 0 radical (unpaired) electrons. The molecule has 26 heavy (non-hydrogen) atoms. The molecule has 0 N–H and O–H groups in total. The quantitative estimate of drug-likeness (QED) is 0.319. The van der Waals surface area contributed by atoms with Gasteiger partial charge in [0.1, 0.15) is 23.9 Å². The topological polar surface area (TPSA) is 91.4 Å². The van der Waals surface area contributed by atoms with Gasteiger partial charge in [0.15, 0.2) is 0 Å². The minimum atomic E-state index is -0.655. The number of hydrogen-bond donors (Lipinski definition) is 0. The predicted molar refractivity (Wildman–Crippen MR) is 89.9 cm³/mol. The number of hydrogen-bond acceptors (Lipinski definition) is 7. The van der Waals surface area contributed by atoms with E-state index in [2.05, 4.69) is 0 Å². The molecule has 2 fully saturated rings. The fourth-order valence-electron chi connectivity index (χ4n) is 4.06. The lowest BCUT2D eigenvalue weighted by atomic mass is 9.80. The van der Waals surface area contributed by atoms with Gasteiger partial charge in [0.2, 0.25) is 0 Å². The summed E-state index contributed by atoms with van der Waals surface area (Å²) >= 11 is 0. The van der Waals surface area contributed by atoms with Crippen molar-refractivity contribution >= 4 is 17.9 Å². The van der Waals surface area contributed by atoms with Crippen LogP contribution in [0.5, 0.6) is 0 Å². The third kappa shape index (κ3) is 3.49. The third-order valence-electron chi connectivity index (χ3n) is 5.77. The molecule has 0 bridgehead atoms. The van der Waals surface area contributed by atoms with Crippen molar-refractivity contribution in [2.45, 2.75) is 77.5 Å². The Morgan fingerprint density at radius 1 is 1.19 bits per heavy atom. The highest BCUT2D eigenvalue weighted by atomic mass is 16.6. The maximum Gasteiger partial charge on any atom is 0.309 e. The highest BCUT2D eigenvalue weighted by Gasteiger charge is 2.61. The Kier molecular flexibility index (Phi) is 4.86. The summed E-state index contributed by atoms with van der Waals surface area (Å²) in [7, 11) is 0. The lowest BCUT2D eigenvalue weighted by molar-refractivity contribution is -0.151. The average Bonchev–Trinajstić information content (AvgIpc) is 3.11. The second kappa shape index (κ2) is 6.68. The van der Waals surface area contributed by atoms with Crippen LogP contribution < -0.4 is 0 Å². The molecule has 0 aromatic heterocycles. The highest BCUT2D eigenvalue weighted by molar-refractivity contribution is 5.75. The van der Waals surface area contributed by atoms with Crippen molar-refractivity contribution in [2.75, 3.05) is 0 Å². The van der Waals surface area contributed by atoms with E-state index in [4.69, 9.17) is 18.9 Å². The molecule has 0 amide bonds. The van der Waals surface area contributed by atoms with Crippen molar-refractivity contribution in [3.63, 3.8) is 0 Å². The summed E-state index contributed by atoms with van der Waals surface area (Å²) in [5.41, 5.74) is 0.179. The van der Waals surface area contributed by atoms with E-state index < -0.39 is 23.9 Å². The number of carbonyl (C=O) groups excluding carboxylic acids is 3. The summed E-state index contributed by atoms with van der Waals surface area (Å²) in [5.74, 6) is -1.49. The molecule has 0 aromatic rings. The van der Waals surface area contributed by atoms with Crippen LogP contribution in [0.1, 0.15) is 47.5 Å². The molecule has 7 atom stereocenters. The molecule has 7 heteroatoms. The molecule has 144 valence electrons. The SMILES string of the molecule is CC(=O)O[C@H]1C[C@@H]2O[C@@]2(C)[C@@H](OC(C)=O)C[C@@H]2[C@@H](/C=C/1C)OC(=O)[C@@H]2C. The van der Waals surface area contributed by atoms with Gasteiger partial charge in [0.25, 0.3) is 0 Å². The fraction of sp³-hybridized carbons (Fsp3) is 0.737. The Hall–Kier alpha value is -1.89. The summed E-state index contributed by atoms with van der Waals surface area (Å²) in [4.78, 5) is 35.2. The van der Waals surface area contributed by atoms with Gasteiger partial charge in [-0.25, -0.2) is 0 Å². The number of epoxide rings is 1. The number of ether oxygens (including phenoxy) is 4. The number of esters is 3. The summed E-state index contributed by atoms with van der Waals surface area (Å²) in [6, 6.07) is 0. The molecule has 0 unspecified atom stereocenters. The standard InChI is InChI=1S/C19H26O7/c1-9-6-15-13(10(2)18(22)25-15)7-16(24-12(4)21)19(5)17(26-19)8-14(9)23-11(3)20/h6,10,13-17H,7-8H2,1-5H3/b9-6+/t10-,13+,14+,15-,16+,17+,19+/m1/s1. The number of carbonyl (C=O) groups is 3. The Balaban J connectivity index is 1.96. The van der Waals surface area contributed by atoms with E-state index in [0.29, 0.717) is 12.8 Å². The van der Waals surface area contributed by atoms with E-state index in [1.54, 1.807) is 0 Å². The van der Waals surface area contributed by atoms with Gasteiger partial charge in [-0.15, -0.1) is 0 Å². The molecule has 0 saturated carbocycles. The molecular weight excluding hydrogens is 340 g/mol. The van der Waals surface area contributed by atoms with Crippen LogP contribution in [0.25, 0.3) is 0 Å². The van der Waals surface area contributed by atoms with E-state index >= 15 is 0 Å². The molecule has 7 nitrogen and oxygen atoms in total. The molecule has 1 aliphatic carbocycles. The maximum atomic E-state index is 12.1. The number of fused-ring (bicyclic) bond motifs is 2.